The van der Waals surface area contributed by atoms with Gasteiger partial charge in [0.1, 0.15) is 23.9 Å². The van der Waals surface area contributed by atoms with Crippen LogP contribution in [-0.4, -0.2) is 37.5 Å². The molecule has 1 aromatic heterocycles. The molecule has 8 heteroatoms. The molecule has 0 aliphatic carbocycles. The largest absolute Gasteiger partial charge is 0.508 e. The molecule has 0 bridgehead atoms. The average molecular weight is 500 g/mol. The number of carbonyl (C=O) groups excluding carboxylic acids is 2. The van der Waals surface area contributed by atoms with E-state index in [-0.39, 0.29) is 24.1 Å². The molecule has 0 unspecified atom stereocenters. The van der Waals surface area contributed by atoms with Crippen molar-refractivity contribution in [1.82, 2.24) is 20.3 Å². The summed E-state index contributed by atoms with van der Waals surface area (Å²) in [6, 6.07) is 20.5. The van der Waals surface area contributed by atoms with Gasteiger partial charge in [0.25, 0.3) is 0 Å². The third kappa shape index (κ3) is 5.63. The van der Waals surface area contributed by atoms with Gasteiger partial charge in [0.15, 0.2) is 0 Å². The van der Waals surface area contributed by atoms with E-state index in [0.29, 0.717) is 29.6 Å². The van der Waals surface area contributed by atoms with Crippen molar-refractivity contribution in [2.75, 3.05) is 4.90 Å². The fourth-order valence-corrected chi connectivity index (χ4v) is 4.27. The Morgan fingerprint density at radius 1 is 1.00 bits per heavy atom. The van der Waals surface area contributed by atoms with Crippen molar-refractivity contribution in [3.8, 4) is 5.75 Å². The Morgan fingerprint density at radius 2 is 1.68 bits per heavy atom. The van der Waals surface area contributed by atoms with Crippen molar-refractivity contribution >= 4 is 28.5 Å². The number of rotatable bonds is 9. The van der Waals surface area contributed by atoms with E-state index in [1.807, 2.05) is 76.2 Å². The van der Waals surface area contributed by atoms with Gasteiger partial charge >= 0.3 is 0 Å². The number of hydrogen-bond acceptors (Lipinski definition) is 5. The number of aryl methyl sites for hydroxylation is 1. The van der Waals surface area contributed by atoms with Crippen LogP contribution in [0.3, 0.4) is 0 Å². The number of phenols is 1. The van der Waals surface area contributed by atoms with Gasteiger partial charge < -0.3 is 10.4 Å². The molecule has 0 spiro atoms. The van der Waals surface area contributed by atoms with Crippen LogP contribution in [0.1, 0.15) is 51.3 Å². The molecule has 1 atom stereocenters. The first-order valence-corrected chi connectivity index (χ1v) is 12.5. The molecule has 0 aliphatic rings. The number of benzene rings is 3. The monoisotopic (exact) mass is 499 g/mol. The number of nitrogens with zero attached hydrogens (tertiary/aromatic N) is 4. The van der Waals surface area contributed by atoms with E-state index >= 15 is 0 Å². The lowest BCUT2D eigenvalue weighted by Crippen LogP contribution is -2.51. The van der Waals surface area contributed by atoms with Crippen LogP contribution in [0, 0.1) is 0 Å². The van der Waals surface area contributed by atoms with E-state index in [4.69, 9.17) is 0 Å². The van der Waals surface area contributed by atoms with Crippen molar-refractivity contribution in [2.24, 2.45) is 0 Å². The predicted octanol–water partition coefficient (Wildman–Crippen LogP) is 4.78. The summed E-state index contributed by atoms with van der Waals surface area (Å²) in [7, 11) is 0. The number of aromatic hydroxyl groups is 1. The second-order valence-corrected chi connectivity index (χ2v) is 9.70. The minimum atomic E-state index is -0.971. The molecule has 2 amide bonds. The maximum Gasteiger partial charge on any atom is 0.249 e. The third-order valence-electron chi connectivity index (χ3n) is 6.67. The Labute approximate surface area is 216 Å². The van der Waals surface area contributed by atoms with E-state index in [2.05, 4.69) is 15.6 Å². The first kappa shape index (κ1) is 25.9. The van der Waals surface area contributed by atoms with Crippen LogP contribution in [0.2, 0.25) is 0 Å². The van der Waals surface area contributed by atoms with E-state index in [1.165, 1.54) is 12.1 Å². The van der Waals surface area contributed by atoms with Gasteiger partial charge in [-0.25, -0.2) is 4.68 Å². The molecule has 1 heterocycles. The number of anilines is 1. The molecule has 0 fully saturated rings. The first-order valence-electron chi connectivity index (χ1n) is 12.5. The van der Waals surface area contributed by atoms with Crippen LogP contribution >= 0.6 is 0 Å². The number of amides is 2. The van der Waals surface area contributed by atoms with Gasteiger partial charge in [0.05, 0.1) is 5.52 Å². The summed E-state index contributed by atoms with van der Waals surface area (Å²) in [6.45, 7) is 7.82. The highest BCUT2D eigenvalue weighted by atomic mass is 16.3. The summed E-state index contributed by atoms with van der Waals surface area (Å²) < 4.78 is 1.56. The molecule has 0 saturated carbocycles. The van der Waals surface area contributed by atoms with Gasteiger partial charge in [0, 0.05) is 11.2 Å². The summed E-state index contributed by atoms with van der Waals surface area (Å²) in [5.74, 6) is -0.531. The molecule has 0 saturated heterocycles. The van der Waals surface area contributed by atoms with Crippen LogP contribution in [0.5, 0.6) is 5.75 Å². The fraction of sp³-hybridized carbons (Fsp3) is 0.310. The molecule has 192 valence electrons. The minimum Gasteiger partial charge on any atom is -0.508 e. The highest BCUT2D eigenvalue weighted by Gasteiger charge is 2.36. The van der Waals surface area contributed by atoms with Crippen LogP contribution < -0.4 is 10.2 Å². The van der Waals surface area contributed by atoms with Gasteiger partial charge in [-0.1, -0.05) is 61.5 Å². The zero-order valence-electron chi connectivity index (χ0n) is 21.7. The van der Waals surface area contributed by atoms with Crippen LogP contribution in [0.15, 0.2) is 72.8 Å². The number of aromatic nitrogens is 3. The summed E-state index contributed by atoms with van der Waals surface area (Å²) in [5, 5.41) is 21.4. The molecule has 4 aromatic rings. The molecule has 8 nitrogen and oxygen atoms in total. The SMILES string of the molecule is CCc1ccccc1N(C(=O)Cn1nnc2ccccc21)[C@H](C(=O)NC(C)(C)CC)c1ccc(O)cc1. The zero-order valence-corrected chi connectivity index (χ0v) is 21.7. The van der Waals surface area contributed by atoms with Gasteiger partial charge in [-0.2, -0.15) is 0 Å². The van der Waals surface area contributed by atoms with Crippen LogP contribution in [0.25, 0.3) is 11.0 Å². The van der Waals surface area contributed by atoms with Crippen molar-refractivity contribution in [1.29, 1.82) is 0 Å². The van der Waals surface area contributed by atoms with Crippen molar-refractivity contribution in [2.45, 2.75) is 58.7 Å². The average Bonchev–Trinajstić information content (AvgIpc) is 3.30. The highest BCUT2D eigenvalue weighted by Crippen LogP contribution is 2.33. The Balaban J connectivity index is 1.85. The summed E-state index contributed by atoms with van der Waals surface area (Å²) in [5.41, 5.74) is 3.12. The van der Waals surface area contributed by atoms with E-state index < -0.39 is 11.6 Å². The number of para-hydroxylation sites is 2. The molecule has 4 rings (SSSR count). The standard InChI is InChI=1S/C29H33N5O3/c1-5-20-11-7-9-13-24(20)34(26(36)19-33-25-14-10-8-12-23(25)31-32-33)27(21-15-17-22(35)18-16-21)28(37)30-29(3,4)6-2/h7-18,27,35H,5-6,19H2,1-4H3,(H,30,37)/t27-/m0/s1. The van der Waals surface area contributed by atoms with Crippen LogP contribution in [-0.2, 0) is 22.6 Å². The van der Waals surface area contributed by atoms with Crippen molar-refractivity contribution in [3.05, 3.63) is 83.9 Å². The maximum atomic E-state index is 14.2. The van der Waals surface area contributed by atoms with Gasteiger partial charge in [-0.3, -0.25) is 14.5 Å². The predicted molar refractivity (Wildman–Crippen MR) is 144 cm³/mol. The second-order valence-electron chi connectivity index (χ2n) is 9.70. The molecular formula is C29H33N5O3. The van der Waals surface area contributed by atoms with E-state index in [9.17, 15) is 14.7 Å². The van der Waals surface area contributed by atoms with E-state index in [0.717, 1.165) is 11.1 Å². The number of phenolic OH excluding ortho intramolecular Hbond substituents is 1. The summed E-state index contributed by atoms with van der Waals surface area (Å²) in [6.07, 6.45) is 1.39. The van der Waals surface area contributed by atoms with Gasteiger partial charge in [-0.15, -0.1) is 5.10 Å². The number of hydrogen-bond donors (Lipinski definition) is 2. The normalized spacial score (nSPS) is 12.3. The second kappa shape index (κ2) is 10.8. The zero-order chi connectivity index (χ0) is 26.6. The molecule has 2 N–H and O–H groups in total. The quantitative estimate of drug-likeness (QED) is 0.345. The van der Waals surface area contributed by atoms with Crippen molar-refractivity contribution in [3.63, 3.8) is 0 Å². The Hall–Kier alpha value is -4.20. The van der Waals surface area contributed by atoms with Crippen molar-refractivity contribution < 1.29 is 14.7 Å². The lowest BCUT2D eigenvalue weighted by atomic mass is 9.97. The number of nitrogens with one attached hydrogen (secondary N) is 1. The van der Waals surface area contributed by atoms with Crippen LogP contribution in [0.4, 0.5) is 5.69 Å². The fourth-order valence-electron chi connectivity index (χ4n) is 4.27. The highest BCUT2D eigenvalue weighted by molar-refractivity contribution is 6.02. The maximum absolute atomic E-state index is 14.2. The lowest BCUT2D eigenvalue weighted by molar-refractivity contribution is -0.128. The van der Waals surface area contributed by atoms with Gasteiger partial charge in [-0.05, 0) is 68.1 Å². The Bertz CT molecular complexity index is 1390. The van der Waals surface area contributed by atoms with E-state index in [1.54, 1.807) is 21.7 Å². The first-order chi connectivity index (χ1) is 17.7. The summed E-state index contributed by atoms with van der Waals surface area (Å²) in [4.78, 5) is 29.6. The topological polar surface area (TPSA) is 100 Å². The van der Waals surface area contributed by atoms with Gasteiger partial charge in [0.2, 0.25) is 11.8 Å². The molecule has 37 heavy (non-hydrogen) atoms. The third-order valence-corrected chi connectivity index (χ3v) is 6.67. The number of fused-ring (bicyclic) bond motifs is 1. The Kier molecular flexibility index (Phi) is 7.57. The summed E-state index contributed by atoms with van der Waals surface area (Å²) >= 11 is 0. The molecular weight excluding hydrogens is 466 g/mol. The molecule has 3 aromatic carbocycles. The molecule has 0 aliphatic heterocycles. The smallest absolute Gasteiger partial charge is 0.249 e. The lowest BCUT2D eigenvalue weighted by Gasteiger charge is -2.35. The minimum absolute atomic E-state index is 0.0812. The Morgan fingerprint density at radius 3 is 2.38 bits per heavy atom. The molecule has 0 radical (unpaired) electrons. The number of carbonyl (C=O) groups is 2.